The SMILES string of the molecule is COCOc1cc(N)c2c(C#C[Si](C(C)C)(C(C)C)C(C)C)cccc2c1. The van der Waals surface area contributed by atoms with E-state index >= 15 is 0 Å². The molecule has 0 fully saturated rings. The first-order valence-corrected chi connectivity index (χ1v) is 11.9. The van der Waals surface area contributed by atoms with Gasteiger partial charge in [-0.15, -0.1) is 5.54 Å². The lowest BCUT2D eigenvalue weighted by atomic mass is 10.0. The molecule has 0 atom stereocenters. The van der Waals surface area contributed by atoms with E-state index in [1.54, 1.807) is 7.11 Å². The van der Waals surface area contributed by atoms with Gasteiger partial charge in [0.05, 0.1) is 0 Å². The molecule has 0 aromatic heterocycles. The fourth-order valence-electron chi connectivity index (χ4n) is 4.36. The van der Waals surface area contributed by atoms with Crippen LogP contribution in [0.4, 0.5) is 5.69 Å². The van der Waals surface area contributed by atoms with Gasteiger partial charge in [-0.2, -0.15) is 0 Å². The molecule has 0 saturated heterocycles. The number of nitrogens with two attached hydrogens (primary N) is 1. The van der Waals surface area contributed by atoms with Crippen LogP contribution in [0.1, 0.15) is 47.1 Å². The van der Waals surface area contributed by atoms with Gasteiger partial charge in [0.1, 0.15) is 13.8 Å². The number of anilines is 1. The third kappa shape index (κ3) is 4.31. The highest BCUT2D eigenvalue weighted by molar-refractivity contribution is 6.90. The van der Waals surface area contributed by atoms with Gasteiger partial charge < -0.3 is 15.2 Å². The minimum atomic E-state index is -1.79. The van der Waals surface area contributed by atoms with Crippen LogP contribution in [0, 0.1) is 11.5 Å². The zero-order chi connectivity index (χ0) is 20.2. The third-order valence-electron chi connectivity index (χ3n) is 5.60. The molecule has 0 amide bonds. The minimum absolute atomic E-state index is 0.204. The van der Waals surface area contributed by atoms with Crippen LogP contribution in [0.25, 0.3) is 10.8 Å². The largest absolute Gasteiger partial charge is 0.467 e. The van der Waals surface area contributed by atoms with Crippen molar-refractivity contribution < 1.29 is 9.47 Å². The molecule has 2 rings (SSSR count). The second-order valence-electron chi connectivity index (χ2n) is 8.11. The maximum absolute atomic E-state index is 6.37. The Kier molecular flexibility index (Phi) is 6.97. The van der Waals surface area contributed by atoms with E-state index in [9.17, 15) is 0 Å². The predicted octanol–water partition coefficient (Wildman–Crippen LogP) is 5.97. The Morgan fingerprint density at radius 1 is 1.00 bits per heavy atom. The number of fused-ring (bicyclic) bond motifs is 1. The van der Waals surface area contributed by atoms with E-state index < -0.39 is 8.07 Å². The summed E-state index contributed by atoms with van der Waals surface area (Å²) in [6, 6.07) is 10.0. The first-order valence-electron chi connectivity index (χ1n) is 9.71. The summed E-state index contributed by atoms with van der Waals surface area (Å²) >= 11 is 0. The van der Waals surface area contributed by atoms with Crippen molar-refractivity contribution in [3.05, 3.63) is 35.9 Å². The first kappa shape index (κ1) is 21.3. The second kappa shape index (κ2) is 8.82. The van der Waals surface area contributed by atoms with Gasteiger partial charge in [0, 0.05) is 29.8 Å². The van der Waals surface area contributed by atoms with Crippen LogP contribution in [0.2, 0.25) is 16.6 Å². The zero-order valence-electron chi connectivity index (χ0n) is 17.7. The molecule has 4 heteroatoms. The average Bonchev–Trinajstić information content (AvgIpc) is 2.59. The van der Waals surface area contributed by atoms with Crippen molar-refractivity contribution in [1.29, 1.82) is 0 Å². The Labute approximate surface area is 165 Å². The Balaban J connectivity index is 2.59. The lowest BCUT2D eigenvalue weighted by molar-refractivity contribution is 0.0513. The fourth-order valence-corrected chi connectivity index (χ4v) is 9.57. The normalized spacial score (nSPS) is 11.9. The highest BCUT2D eigenvalue weighted by atomic mass is 28.3. The molecule has 0 aliphatic carbocycles. The summed E-state index contributed by atoms with van der Waals surface area (Å²) in [6.07, 6.45) is 0. The second-order valence-corrected chi connectivity index (χ2v) is 13.7. The van der Waals surface area contributed by atoms with Crippen molar-refractivity contribution in [2.75, 3.05) is 19.6 Å². The fraction of sp³-hybridized carbons (Fsp3) is 0.478. The lowest BCUT2D eigenvalue weighted by Crippen LogP contribution is -2.43. The van der Waals surface area contributed by atoms with Crippen LogP contribution in [0.3, 0.4) is 0 Å². The Morgan fingerprint density at radius 3 is 2.19 bits per heavy atom. The number of rotatable bonds is 6. The van der Waals surface area contributed by atoms with Crippen molar-refractivity contribution in [3.8, 4) is 17.2 Å². The van der Waals surface area contributed by atoms with E-state index in [0.29, 0.717) is 28.1 Å². The Hall–Kier alpha value is -1.96. The summed E-state index contributed by atoms with van der Waals surface area (Å²) < 4.78 is 10.5. The number of methoxy groups -OCH3 is 1. The van der Waals surface area contributed by atoms with Crippen LogP contribution in [0.5, 0.6) is 5.75 Å². The summed E-state index contributed by atoms with van der Waals surface area (Å²) in [5.41, 5.74) is 13.7. The van der Waals surface area contributed by atoms with Crippen LogP contribution in [0.15, 0.2) is 30.3 Å². The van der Waals surface area contributed by atoms with E-state index in [4.69, 9.17) is 15.2 Å². The van der Waals surface area contributed by atoms with Gasteiger partial charge in [0.25, 0.3) is 0 Å². The van der Waals surface area contributed by atoms with Gasteiger partial charge in [-0.25, -0.2) is 0 Å². The minimum Gasteiger partial charge on any atom is -0.467 e. The molecule has 2 aromatic carbocycles. The van der Waals surface area contributed by atoms with Gasteiger partial charge in [-0.3, -0.25) is 0 Å². The number of hydrogen-bond acceptors (Lipinski definition) is 3. The highest BCUT2D eigenvalue weighted by Crippen LogP contribution is 2.41. The van der Waals surface area contributed by atoms with Crippen LogP contribution in [-0.2, 0) is 4.74 Å². The molecule has 0 unspecified atom stereocenters. The summed E-state index contributed by atoms with van der Waals surface area (Å²) in [6.45, 7) is 14.2. The molecule has 2 aromatic rings. The van der Waals surface area contributed by atoms with E-state index in [1.165, 1.54) is 0 Å². The maximum atomic E-state index is 6.37. The number of ether oxygens (including phenoxy) is 2. The van der Waals surface area contributed by atoms with Crippen molar-refractivity contribution in [1.82, 2.24) is 0 Å². The molecule has 0 aliphatic rings. The molecule has 0 bridgehead atoms. The summed E-state index contributed by atoms with van der Waals surface area (Å²) in [5, 5.41) is 2.05. The third-order valence-corrected chi connectivity index (χ3v) is 11.9. The molecule has 0 radical (unpaired) electrons. The molecule has 146 valence electrons. The highest BCUT2D eigenvalue weighted by Gasteiger charge is 2.41. The van der Waals surface area contributed by atoms with E-state index in [0.717, 1.165) is 16.3 Å². The van der Waals surface area contributed by atoms with Crippen molar-refractivity contribution >= 4 is 24.5 Å². The summed E-state index contributed by atoms with van der Waals surface area (Å²) in [7, 11) is -0.183. The summed E-state index contributed by atoms with van der Waals surface area (Å²) in [4.78, 5) is 0. The van der Waals surface area contributed by atoms with Gasteiger partial charge in [0.15, 0.2) is 6.79 Å². The molecule has 0 spiro atoms. The number of hydrogen-bond donors (Lipinski definition) is 1. The average molecular weight is 384 g/mol. The molecular formula is C23H33NO2Si. The molecule has 0 heterocycles. The molecule has 0 aliphatic heterocycles. The molecule has 2 N–H and O–H groups in total. The number of benzene rings is 2. The van der Waals surface area contributed by atoms with Crippen molar-refractivity contribution in [2.45, 2.75) is 58.2 Å². The van der Waals surface area contributed by atoms with Crippen LogP contribution in [-0.4, -0.2) is 22.0 Å². The van der Waals surface area contributed by atoms with E-state index in [-0.39, 0.29) is 6.79 Å². The first-order chi connectivity index (χ1) is 12.7. The standard InChI is InChI=1S/C23H33NO2Si/c1-16(2)27(17(3)4,18(5)6)12-11-19-9-8-10-20-13-21(26-15-25-7)14-22(24)23(19)20/h8-10,13-14,16-18H,15,24H2,1-7H3. The van der Waals surface area contributed by atoms with Crippen molar-refractivity contribution in [3.63, 3.8) is 0 Å². The van der Waals surface area contributed by atoms with Gasteiger partial charge in [-0.05, 0) is 34.1 Å². The van der Waals surface area contributed by atoms with Crippen molar-refractivity contribution in [2.24, 2.45) is 0 Å². The number of nitrogen functional groups attached to an aromatic ring is 1. The summed E-state index contributed by atoms with van der Waals surface area (Å²) in [5.74, 6) is 4.25. The molecule has 3 nitrogen and oxygen atoms in total. The predicted molar refractivity (Wildman–Crippen MR) is 119 cm³/mol. The quantitative estimate of drug-likeness (QED) is 0.289. The molecular weight excluding hydrogens is 350 g/mol. The van der Waals surface area contributed by atoms with Gasteiger partial charge in [0.2, 0.25) is 0 Å². The van der Waals surface area contributed by atoms with E-state index in [2.05, 4.69) is 65.1 Å². The molecule has 27 heavy (non-hydrogen) atoms. The topological polar surface area (TPSA) is 44.5 Å². The maximum Gasteiger partial charge on any atom is 0.188 e. The molecule has 0 saturated carbocycles. The zero-order valence-corrected chi connectivity index (χ0v) is 18.7. The smallest absolute Gasteiger partial charge is 0.188 e. The lowest BCUT2D eigenvalue weighted by Gasteiger charge is -2.38. The van der Waals surface area contributed by atoms with E-state index in [1.807, 2.05) is 18.2 Å². The van der Waals surface area contributed by atoms with Gasteiger partial charge in [-0.1, -0.05) is 59.6 Å². The van der Waals surface area contributed by atoms with Crippen LogP contribution < -0.4 is 10.5 Å². The monoisotopic (exact) mass is 383 g/mol. The Morgan fingerprint density at radius 2 is 1.63 bits per heavy atom. The van der Waals surface area contributed by atoms with Crippen LogP contribution >= 0.6 is 0 Å². The Bertz CT molecular complexity index is 825. The van der Waals surface area contributed by atoms with Gasteiger partial charge >= 0.3 is 0 Å².